The number of hydrogen-bond donors (Lipinski definition) is 0. The van der Waals surface area contributed by atoms with Crippen LogP contribution >= 0.6 is 22.7 Å². The molecule has 142 valence electrons. The van der Waals surface area contributed by atoms with Crippen LogP contribution in [0.2, 0.25) is 0 Å². The lowest BCUT2D eigenvalue weighted by Crippen LogP contribution is -2.28. The highest BCUT2D eigenvalue weighted by Crippen LogP contribution is 2.34. The van der Waals surface area contributed by atoms with Gasteiger partial charge < -0.3 is 4.42 Å². The molecule has 1 amide bonds. The van der Waals surface area contributed by atoms with E-state index in [-0.39, 0.29) is 5.91 Å². The number of nitrogens with zero attached hydrogens (tertiary/aromatic N) is 2. The standard InChI is InChI=1S/C22H20N2O2S2/c1-15(2)18-8-3-9-19-21(18)23-22(28-19)24(14-16-6-4-12-26-16)20(25)11-10-17-7-5-13-27-17/h3-13,15H,14H2,1-2H3/b11-10+. The second-order valence-electron chi connectivity index (χ2n) is 6.70. The van der Waals surface area contributed by atoms with E-state index in [1.807, 2.05) is 35.7 Å². The van der Waals surface area contributed by atoms with E-state index in [0.29, 0.717) is 17.6 Å². The molecule has 0 saturated heterocycles. The number of thiazole rings is 1. The van der Waals surface area contributed by atoms with E-state index in [0.717, 1.165) is 20.9 Å². The third kappa shape index (κ3) is 3.93. The molecule has 0 atom stereocenters. The lowest BCUT2D eigenvalue weighted by molar-refractivity contribution is -0.114. The molecule has 0 saturated carbocycles. The molecule has 0 aliphatic carbocycles. The fraction of sp³-hybridized carbons (Fsp3) is 0.182. The predicted octanol–water partition coefficient (Wildman–Crippen LogP) is 6.32. The van der Waals surface area contributed by atoms with Crippen molar-refractivity contribution in [3.63, 3.8) is 0 Å². The summed E-state index contributed by atoms with van der Waals surface area (Å²) in [5, 5.41) is 2.67. The summed E-state index contributed by atoms with van der Waals surface area (Å²) in [5.41, 5.74) is 2.16. The van der Waals surface area contributed by atoms with Gasteiger partial charge in [0.2, 0.25) is 0 Å². The number of thiophene rings is 1. The molecule has 0 bridgehead atoms. The second kappa shape index (κ2) is 8.12. The van der Waals surface area contributed by atoms with Crippen LogP contribution in [0.25, 0.3) is 16.3 Å². The molecule has 0 unspecified atom stereocenters. The Balaban J connectivity index is 1.71. The number of carbonyl (C=O) groups excluding carboxylic acids is 1. The summed E-state index contributed by atoms with van der Waals surface area (Å²) in [7, 11) is 0. The Labute approximate surface area is 171 Å². The van der Waals surface area contributed by atoms with E-state index in [2.05, 4.69) is 32.0 Å². The van der Waals surface area contributed by atoms with Crippen LogP contribution in [0.15, 0.2) is 64.6 Å². The molecule has 0 aliphatic heterocycles. The minimum atomic E-state index is -0.116. The first-order valence-corrected chi connectivity index (χ1v) is 10.8. The number of rotatable bonds is 6. The van der Waals surface area contributed by atoms with Crippen molar-refractivity contribution in [3.05, 3.63) is 76.4 Å². The Morgan fingerprint density at radius 2 is 2.11 bits per heavy atom. The maximum absolute atomic E-state index is 13.0. The van der Waals surface area contributed by atoms with Crippen LogP contribution in [0.5, 0.6) is 0 Å². The smallest absolute Gasteiger partial charge is 0.253 e. The number of fused-ring (bicyclic) bond motifs is 1. The monoisotopic (exact) mass is 408 g/mol. The van der Waals surface area contributed by atoms with Gasteiger partial charge in [0.25, 0.3) is 5.91 Å². The van der Waals surface area contributed by atoms with Crippen molar-refractivity contribution in [1.82, 2.24) is 4.98 Å². The summed E-state index contributed by atoms with van der Waals surface area (Å²) < 4.78 is 6.57. The molecule has 0 radical (unpaired) electrons. The number of hydrogen-bond acceptors (Lipinski definition) is 5. The first-order valence-electron chi connectivity index (χ1n) is 9.06. The average Bonchev–Trinajstić information content (AvgIpc) is 3.45. The first kappa shape index (κ1) is 18.7. The Morgan fingerprint density at radius 1 is 1.21 bits per heavy atom. The first-order chi connectivity index (χ1) is 13.6. The molecular formula is C22H20N2O2S2. The summed E-state index contributed by atoms with van der Waals surface area (Å²) in [5.74, 6) is 0.975. The van der Waals surface area contributed by atoms with Crippen molar-refractivity contribution in [2.45, 2.75) is 26.3 Å². The third-order valence-electron chi connectivity index (χ3n) is 4.39. The second-order valence-corrected chi connectivity index (χ2v) is 8.69. The number of anilines is 1. The molecule has 28 heavy (non-hydrogen) atoms. The number of para-hydroxylation sites is 1. The SMILES string of the molecule is CC(C)c1cccc2sc(N(Cc3ccco3)C(=O)/C=C/c3cccs3)nc12. The maximum Gasteiger partial charge on any atom is 0.253 e. The van der Waals surface area contributed by atoms with E-state index in [4.69, 9.17) is 9.40 Å². The fourth-order valence-electron chi connectivity index (χ4n) is 2.97. The maximum atomic E-state index is 13.0. The van der Waals surface area contributed by atoms with Gasteiger partial charge in [0.15, 0.2) is 5.13 Å². The van der Waals surface area contributed by atoms with Crippen molar-refractivity contribution in [1.29, 1.82) is 0 Å². The van der Waals surface area contributed by atoms with E-state index < -0.39 is 0 Å². The molecule has 4 aromatic rings. The van der Waals surface area contributed by atoms with Crippen molar-refractivity contribution < 1.29 is 9.21 Å². The Bertz CT molecular complexity index is 1090. The highest BCUT2D eigenvalue weighted by atomic mass is 32.1. The van der Waals surface area contributed by atoms with Gasteiger partial charge in [-0.05, 0) is 47.2 Å². The summed E-state index contributed by atoms with van der Waals surface area (Å²) >= 11 is 3.13. The van der Waals surface area contributed by atoms with Crippen LogP contribution < -0.4 is 4.90 Å². The number of benzene rings is 1. The van der Waals surface area contributed by atoms with Crippen molar-refractivity contribution in [2.75, 3.05) is 4.90 Å². The van der Waals surface area contributed by atoms with E-state index in [9.17, 15) is 4.79 Å². The van der Waals surface area contributed by atoms with Gasteiger partial charge in [-0.15, -0.1) is 11.3 Å². The molecule has 4 nitrogen and oxygen atoms in total. The molecule has 3 aromatic heterocycles. The molecule has 1 aromatic carbocycles. The quantitative estimate of drug-likeness (QED) is 0.351. The van der Waals surface area contributed by atoms with Crippen LogP contribution in [-0.2, 0) is 11.3 Å². The normalized spacial score (nSPS) is 11.7. The Morgan fingerprint density at radius 3 is 2.82 bits per heavy atom. The molecular weight excluding hydrogens is 388 g/mol. The van der Waals surface area contributed by atoms with Gasteiger partial charge in [-0.3, -0.25) is 9.69 Å². The number of carbonyl (C=O) groups is 1. The Kier molecular flexibility index (Phi) is 5.41. The average molecular weight is 409 g/mol. The molecule has 0 fully saturated rings. The van der Waals surface area contributed by atoms with Crippen LogP contribution in [0.4, 0.5) is 5.13 Å². The van der Waals surface area contributed by atoms with Crippen LogP contribution in [0, 0.1) is 0 Å². The van der Waals surface area contributed by atoms with Gasteiger partial charge in [-0.25, -0.2) is 4.98 Å². The summed E-state index contributed by atoms with van der Waals surface area (Å²) in [6.45, 7) is 4.66. The molecule has 3 heterocycles. The van der Waals surface area contributed by atoms with Crippen LogP contribution in [-0.4, -0.2) is 10.9 Å². The zero-order chi connectivity index (χ0) is 19.5. The minimum Gasteiger partial charge on any atom is -0.467 e. The lowest BCUT2D eigenvalue weighted by Gasteiger charge is -2.16. The van der Waals surface area contributed by atoms with Gasteiger partial charge in [0, 0.05) is 11.0 Å². The molecule has 6 heteroatoms. The van der Waals surface area contributed by atoms with Gasteiger partial charge in [0.05, 0.1) is 23.0 Å². The molecule has 0 spiro atoms. The van der Waals surface area contributed by atoms with Crippen molar-refractivity contribution in [2.24, 2.45) is 0 Å². The van der Waals surface area contributed by atoms with E-state index in [1.165, 1.54) is 16.9 Å². The summed E-state index contributed by atoms with van der Waals surface area (Å²) in [6.07, 6.45) is 5.06. The number of amides is 1. The molecule has 0 aliphatic rings. The van der Waals surface area contributed by atoms with E-state index in [1.54, 1.807) is 28.6 Å². The Hall–Kier alpha value is -2.70. The highest BCUT2D eigenvalue weighted by Gasteiger charge is 2.21. The van der Waals surface area contributed by atoms with Crippen molar-refractivity contribution in [3.8, 4) is 0 Å². The van der Waals surface area contributed by atoms with Gasteiger partial charge >= 0.3 is 0 Å². The van der Waals surface area contributed by atoms with Crippen molar-refractivity contribution >= 4 is 50.0 Å². The van der Waals surface area contributed by atoms with E-state index >= 15 is 0 Å². The van der Waals surface area contributed by atoms with Crippen LogP contribution in [0.3, 0.4) is 0 Å². The third-order valence-corrected chi connectivity index (χ3v) is 6.27. The van der Waals surface area contributed by atoms with Gasteiger partial charge in [-0.1, -0.05) is 43.4 Å². The topological polar surface area (TPSA) is 46.3 Å². The molecule has 0 N–H and O–H groups in total. The largest absolute Gasteiger partial charge is 0.467 e. The number of furan rings is 1. The highest BCUT2D eigenvalue weighted by molar-refractivity contribution is 7.22. The lowest BCUT2D eigenvalue weighted by atomic mass is 10.0. The summed E-state index contributed by atoms with van der Waals surface area (Å²) in [4.78, 5) is 20.6. The fourth-order valence-corrected chi connectivity index (χ4v) is 4.59. The van der Waals surface area contributed by atoms with Gasteiger partial charge in [-0.2, -0.15) is 0 Å². The molecule has 4 rings (SSSR count). The predicted molar refractivity (Wildman–Crippen MR) is 117 cm³/mol. The zero-order valence-electron chi connectivity index (χ0n) is 15.7. The number of aromatic nitrogens is 1. The minimum absolute atomic E-state index is 0.116. The zero-order valence-corrected chi connectivity index (χ0v) is 17.3. The van der Waals surface area contributed by atoms with Crippen LogP contribution in [0.1, 0.15) is 36.0 Å². The van der Waals surface area contributed by atoms with Gasteiger partial charge in [0.1, 0.15) is 5.76 Å². The summed E-state index contributed by atoms with van der Waals surface area (Å²) in [6, 6.07) is 13.9.